The van der Waals surface area contributed by atoms with E-state index in [1.807, 2.05) is 0 Å². The van der Waals surface area contributed by atoms with E-state index in [4.69, 9.17) is 10.5 Å². The molecule has 18 heavy (non-hydrogen) atoms. The number of nitrogens with one attached hydrogen (secondary N) is 1. The van der Waals surface area contributed by atoms with Crippen LogP contribution in [0.3, 0.4) is 0 Å². The molecule has 1 heterocycles. The number of aryl methyl sites for hydroxylation is 1. The zero-order chi connectivity index (χ0) is 13.6. The molecule has 0 amide bonds. The lowest BCUT2D eigenvalue weighted by Gasteiger charge is -2.10. The average molecular weight is 276 g/mol. The van der Waals surface area contributed by atoms with E-state index >= 15 is 0 Å². The van der Waals surface area contributed by atoms with Crippen LogP contribution in [-0.2, 0) is 21.3 Å². The first-order chi connectivity index (χ1) is 8.49. The minimum Gasteiger partial charge on any atom is -0.380 e. The van der Waals surface area contributed by atoms with Crippen molar-refractivity contribution in [2.75, 3.05) is 20.2 Å². The van der Waals surface area contributed by atoms with E-state index in [1.54, 1.807) is 11.6 Å². The Morgan fingerprint density at radius 1 is 1.61 bits per heavy atom. The van der Waals surface area contributed by atoms with Gasteiger partial charge in [-0.25, -0.2) is 13.1 Å². The molecule has 1 aromatic rings. The van der Waals surface area contributed by atoms with E-state index in [1.165, 1.54) is 19.5 Å². The number of methoxy groups -OCH3 is 1. The lowest BCUT2D eigenvalue weighted by atomic mass is 10.4. The van der Waals surface area contributed by atoms with Gasteiger partial charge in [0.05, 0.1) is 12.3 Å². The monoisotopic (exact) mass is 276 g/mol. The highest BCUT2D eigenvalue weighted by molar-refractivity contribution is 7.89. The molecule has 0 aliphatic heterocycles. The standard InChI is InChI=1S/C10H20N4O3S/c1-9(17-2)6-13-18(15,16)10-7-12-14(8-10)5-3-4-11/h7-9,13H,3-6,11H2,1-2H3. The number of nitrogens with two attached hydrogens (primary N) is 1. The molecule has 3 N–H and O–H groups in total. The second kappa shape index (κ2) is 6.83. The predicted octanol–water partition coefficient (Wildman–Crippen LogP) is -0.455. The molecule has 0 aliphatic carbocycles. The van der Waals surface area contributed by atoms with Gasteiger partial charge in [0.1, 0.15) is 4.90 Å². The fourth-order valence-corrected chi connectivity index (χ4v) is 2.32. The second-order valence-electron chi connectivity index (χ2n) is 3.98. The van der Waals surface area contributed by atoms with Gasteiger partial charge in [-0.1, -0.05) is 0 Å². The zero-order valence-electron chi connectivity index (χ0n) is 10.7. The van der Waals surface area contributed by atoms with Crippen LogP contribution < -0.4 is 10.5 Å². The van der Waals surface area contributed by atoms with Gasteiger partial charge in [-0.2, -0.15) is 5.10 Å². The summed E-state index contributed by atoms with van der Waals surface area (Å²) in [4.78, 5) is 0.155. The molecular weight excluding hydrogens is 256 g/mol. The predicted molar refractivity (Wildman–Crippen MR) is 67.6 cm³/mol. The van der Waals surface area contributed by atoms with Crippen LogP contribution in [0.1, 0.15) is 13.3 Å². The molecular formula is C10H20N4O3S. The lowest BCUT2D eigenvalue weighted by molar-refractivity contribution is 0.122. The van der Waals surface area contributed by atoms with E-state index in [0.717, 1.165) is 6.42 Å². The molecule has 0 aliphatic rings. The zero-order valence-corrected chi connectivity index (χ0v) is 11.5. The number of nitrogens with zero attached hydrogens (tertiary/aromatic N) is 2. The van der Waals surface area contributed by atoms with Crippen molar-refractivity contribution in [3.8, 4) is 0 Å². The van der Waals surface area contributed by atoms with E-state index in [2.05, 4.69) is 9.82 Å². The highest BCUT2D eigenvalue weighted by atomic mass is 32.2. The highest BCUT2D eigenvalue weighted by Crippen LogP contribution is 2.07. The molecule has 0 aromatic carbocycles. The summed E-state index contributed by atoms with van der Waals surface area (Å²) in [6, 6.07) is 0. The summed E-state index contributed by atoms with van der Waals surface area (Å²) in [6.45, 7) is 3.17. The van der Waals surface area contributed by atoms with Crippen molar-refractivity contribution < 1.29 is 13.2 Å². The Kier molecular flexibility index (Phi) is 5.73. The molecule has 0 spiro atoms. The van der Waals surface area contributed by atoms with E-state index < -0.39 is 10.0 Å². The van der Waals surface area contributed by atoms with Gasteiger partial charge in [0, 0.05) is 26.4 Å². The SMILES string of the molecule is COC(C)CNS(=O)(=O)c1cnn(CCCN)c1. The fraction of sp³-hybridized carbons (Fsp3) is 0.700. The third-order valence-corrected chi connectivity index (χ3v) is 3.85. The number of sulfonamides is 1. The van der Waals surface area contributed by atoms with Gasteiger partial charge >= 0.3 is 0 Å². The normalized spacial score (nSPS) is 13.7. The first kappa shape index (κ1) is 15.1. The van der Waals surface area contributed by atoms with E-state index in [-0.39, 0.29) is 17.5 Å². The minimum absolute atomic E-state index is 0.155. The van der Waals surface area contributed by atoms with Gasteiger partial charge in [-0.3, -0.25) is 4.68 Å². The van der Waals surface area contributed by atoms with E-state index in [0.29, 0.717) is 13.1 Å². The number of aromatic nitrogens is 2. The average Bonchev–Trinajstić information content (AvgIpc) is 2.83. The molecule has 8 heteroatoms. The quantitative estimate of drug-likeness (QED) is 0.669. The maximum atomic E-state index is 11.9. The van der Waals surface area contributed by atoms with Crippen LogP contribution in [0.2, 0.25) is 0 Å². The molecule has 1 aromatic heterocycles. The van der Waals surface area contributed by atoms with Crippen molar-refractivity contribution in [3.63, 3.8) is 0 Å². The Morgan fingerprint density at radius 2 is 2.33 bits per heavy atom. The van der Waals surface area contributed by atoms with Crippen molar-refractivity contribution in [1.29, 1.82) is 0 Å². The van der Waals surface area contributed by atoms with Crippen molar-refractivity contribution >= 4 is 10.0 Å². The lowest BCUT2D eigenvalue weighted by Crippen LogP contribution is -2.31. The summed E-state index contributed by atoms with van der Waals surface area (Å²) in [5.74, 6) is 0. The van der Waals surface area contributed by atoms with Crippen molar-refractivity contribution in [1.82, 2.24) is 14.5 Å². The van der Waals surface area contributed by atoms with Crippen molar-refractivity contribution in [2.24, 2.45) is 5.73 Å². The Morgan fingerprint density at radius 3 is 2.94 bits per heavy atom. The van der Waals surface area contributed by atoms with Gasteiger partial charge in [0.15, 0.2) is 0 Å². The smallest absolute Gasteiger partial charge is 0.243 e. The molecule has 0 saturated heterocycles. The Balaban J connectivity index is 2.64. The molecule has 1 atom stereocenters. The van der Waals surface area contributed by atoms with Gasteiger partial charge in [0.25, 0.3) is 0 Å². The summed E-state index contributed by atoms with van der Waals surface area (Å²) >= 11 is 0. The third kappa shape index (κ3) is 4.37. The summed E-state index contributed by atoms with van der Waals surface area (Å²) in [6.07, 6.45) is 3.41. The fourth-order valence-electron chi connectivity index (χ4n) is 1.25. The topological polar surface area (TPSA) is 99.2 Å². The maximum Gasteiger partial charge on any atom is 0.243 e. The van der Waals surface area contributed by atoms with Crippen LogP contribution in [0.15, 0.2) is 17.3 Å². The third-order valence-electron chi connectivity index (χ3n) is 2.47. The second-order valence-corrected chi connectivity index (χ2v) is 5.75. The van der Waals surface area contributed by atoms with Gasteiger partial charge in [-0.15, -0.1) is 0 Å². The molecule has 1 unspecified atom stereocenters. The number of hydrogen-bond donors (Lipinski definition) is 2. The van der Waals surface area contributed by atoms with Gasteiger partial charge in [0.2, 0.25) is 10.0 Å². The summed E-state index contributed by atoms with van der Waals surface area (Å²) in [5, 5.41) is 3.98. The Bertz CT molecular complexity index is 457. The number of ether oxygens (including phenoxy) is 1. The molecule has 104 valence electrons. The minimum atomic E-state index is -3.51. The maximum absolute atomic E-state index is 11.9. The number of rotatable bonds is 8. The molecule has 7 nitrogen and oxygen atoms in total. The van der Waals surface area contributed by atoms with Gasteiger partial charge < -0.3 is 10.5 Å². The largest absolute Gasteiger partial charge is 0.380 e. The first-order valence-corrected chi connectivity index (χ1v) is 7.23. The van der Waals surface area contributed by atoms with Crippen LogP contribution in [0.4, 0.5) is 0 Å². The Hall–Kier alpha value is -0.960. The Labute approximate surface area is 107 Å². The highest BCUT2D eigenvalue weighted by Gasteiger charge is 2.17. The van der Waals surface area contributed by atoms with Crippen molar-refractivity contribution in [3.05, 3.63) is 12.4 Å². The van der Waals surface area contributed by atoms with Crippen molar-refractivity contribution in [2.45, 2.75) is 30.9 Å². The molecule has 0 fully saturated rings. The van der Waals surface area contributed by atoms with Crippen LogP contribution in [0.5, 0.6) is 0 Å². The first-order valence-electron chi connectivity index (χ1n) is 5.74. The van der Waals surface area contributed by atoms with Crippen LogP contribution >= 0.6 is 0 Å². The van der Waals surface area contributed by atoms with Gasteiger partial charge in [-0.05, 0) is 19.9 Å². The molecule has 0 radical (unpaired) electrons. The van der Waals surface area contributed by atoms with E-state index in [9.17, 15) is 8.42 Å². The van der Waals surface area contributed by atoms with Crippen LogP contribution in [0, 0.1) is 0 Å². The van der Waals surface area contributed by atoms with Crippen LogP contribution in [0.25, 0.3) is 0 Å². The molecule has 0 saturated carbocycles. The summed E-state index contributed by atoms with van der Waals surface area (Å²) < 4.78 is 32.8. The molecule has 1 rings (SSSR count). The number of hydrogen-bond acceptors (Lipinski definition) is 5. The molecule has 0 bridgehead atoms. The summed E-state index contributed by atoms with van der Waals surface area (Å²) in [7, 11) is -1.98. The summed E-state index contributed by atoms with van der Waals surface area (Å²) in [5.41, 5.74) is 5.38. The van der Waals surface area contributed by atoms with Crippen LogP contribution in [-0.4, -0.2) is 44.5 Å².